The summed E-state index contributed by atoms with van der Waals surface area (Å²) in [5, 5.41) is 0. The van der Waals surface area contributed by atoms with Crippen LogP contribution in [0.4, 0.5) is 119 Å². The Hall–Kier alpha value is -17.8. The maximum Gasteiger partial charge on any atom is 0.0464 e. The molecule has 0 heterocycles. The monoisotopic (exact) mass is 1860 g/mol. The molecule has 0 saturated heterocycles. The minimum atomic E-state index is 1.07. The number of hydrogen-bond donors (Lipinski definition) is 0. The van der Waals surface area contributed by atoms with Crippen molar-refractivity contribution in [2.24, 2.45) is 0 Å². The molecule has 0 radical (unpaired) electrons. The minimum Gasteiger partial charge on any atom is -0.311 e. The van der Waals surface area contributed by atoms with Crippen molar-refractivity contribution in [1.29, 1.82) is 0 Å². The summed E-state index contributed by atoms with van der Waals surface area (Å²) in [5.41, 5.74) is 48.6. The van der Waals surface area contributed by atoms with Gasteiger partial charge in [0.05, 0.1) is 0 Å². The lowest BCUT2D eigenvalue weighted by Gasteiger charge is -2.27. The van der Waals surface area contributed by atoms with Gasteiger partial charge in [0.2, 0.25) is 0 Å². The molecular weight excluding hydrogens is 1740 g/mol. The van der Waals surface area contributed by atoms with Crippen LogP contribution in [0.15, 0.2) is 510 Å². The summed E-state index contributed by atoms with van der Waals surface area (Å²) in [6.45, 7) is 23.6. The van der Waals surface area contributed by atoms with E-state index in [-0.39, 0.29) is 0 Å². The molecule has 0 bridgehead atoms. The normalized spacial score (nSPS) is 11.0. The maximum absolute atomic E-state index is 2.36. The van der Waals surface area contributed by atoms with Gasteiger partial charge in [0, 0.05) is 119 Å². The molecule has 700 valence electrons. The molecule has 7 heteroatoms. The lowest BCUT2D eigenvalue weighted by atomic mass is 10.0. The van der Waals surface area contributed by atoms with E-state index in [1.165, 1.54) is 83.5 Å². The van der Waals surface area contributed by atoms with Crippen LogP contribution in [0.25, 0.3) is 55.6 Å². The Morgan fingerprint density at radius 2 is 0.174 bits per heavy atom. The zero-order valence-electron chi connectivity index (χ0n) is 83.6. The summed E-state index contributed by atoms with van der Waals surface area (Å²) < 4.78 is 0. The molecule has 21 aromatic carbocycles. The Morgan fingerprint density at radius 1 is 0.0833 bits per heavy atom. The van der Waals surface area contributed by atoms with Gasteiger partial charge in [-0.25, -0.2) is 0 Å². The highest BCUT2D eigenvalue weighted by Crippen LogP contribution is 2.47. The van der Waals surface area contributed by atoms with E-state index in [0.29, 0.717) is 0 Å². The fourth-order valence-electron chi connectivity index (χ4n) is 19.5. The Morgan fingerprint density at radius 3 is 0.271 bits per heavy atom. The van der Waals surface area contributed by atoms with E-state index in [4.69, 9.17) is 0 Å². The van der Waals surface area contributed by atoms with E-state index in [1.807, 2.05) is 0 Å². The molecule has 0 N–H and O–H groups in total. The smallest absolute Gasteiger partial charge is 0.0464 e. The van der Waals surface area contributed by atoms with Crippen molar-refractivity contribution in [3.8, 4) is 55.6 Å². The van der Waals surface area contributed by atoms with Gasteiger partial charge in [-0.05, 0) is 442 Å². The average molecular weight is 1860 g/mol. The molecule has 0 aromatic heterocycles. The van der Waals surface area contributed by atoms with Crippen molar-refractivity contribution in [2.75, 3.05) is 34.3 Å². The summed E-state index contributed by atoms with van der Waals surface area (Å²) in [7, 11) is 0. The van der Waals surface area contributed by atoms with Gasteiger partial charge in [-0.1, -0.05) is 260 Å². The van der Waals surface area contributed by atoms with Crippen molar-refractivity contribution >= 4 is 119 Å². The standard InChI is InChI=1S/C78H66N4.C59H51N3/c1-55-13-7-19-73(49-55)80(74-20-8-14-56(2)50-74)70-43-31-64(32-44-70)61-25-37-67(38-26-61)79(68-39-27-62(28-40-68)65-33-45-71(46-34-65)81(75-21-9-15-57(3)51-75)76-22-10-16-58(4)52-76)69-41-29-63(30-42-69)66-35-47-72(48-36-66)82(77-23-11-17-59(5)53-77)78-24-12-18-60(6)54-78;1-42-18-28-51(29-19-42)60(52-30-20-47(21-31-52)49-24-34-54(35-25-49)61(56-14-6-10-43(2)38-56)57-15-7-11-44(3)39-57)53-32-22-48(23-33-53)50-26-36-55(37-27-50)62(58-16-8-12-45(4)40-58)59-17-9-13-46(5)41-59/h7-54H,1-6H3;6-41H,1-5H3. The summed E-state index contributed by atoms with van der Waals surface area (Å²) >= 11 is 0. The Kier molecular flexibility index (Phi) is 27.7. The van der Waals surface area contributed by atoms with E-state index in [2.05, 4.69) is 620 Å². The van der Waals surface area contributed by atoms with Crippen LogP contribution >= 0.6 is 0 Å². The Bertz CT molecular complexity index is 7170. The van der Waals surface area contributed by atoms with Gasteiger partial charge < -0.3 is 34.3 Å². The lowest BCUT2D eigenvalue weighted by molar-refractivity contribution is 1.26. The number of anilines is 21. The van der Waals surface area contributed by atoms with Crippen molar-refractivity contribution in [3.05, 3.63) is 571 Å². The molecule has 0 unspecified atom stereocenters. The molecule has 0 saturated carbocycles. The number of benzene rings is 21. The lowest BCUT2D eigenvalue weighted by Crippen LogP contribution is -2.10. The third-order valence-corrected chi connectivity index (χ3v) is 26.8. The minimum absolute atomic E-state index is 1.07. The van der Waals surface area contributed by atoms with Gasteiger partial charge in [0.25, 0.3) is 0 Å². The molecule has 0 amide bonds. The number of hydrogen-bond acceptors (Lipinski definition) is 7. The molecule has 21 rings (SSSR count). The predicted octanol–water partition coefficient (Wildman–Crippen LogP) is 39.4. The molecule has 0 aliphatic heterocycles. The van der Waals surface area contributed by atoms with Gasteiger partial charge in [-0.3, -0.25) is 0 Å². The summed E-state index contributed by atoms with van der Waals surface area (Å²) in [5.74, 6) is 0. The fraction of sp³-hybridized carbons (Fsp3) is 0.0803. The zero-order valence-corrected chi connectivity index (χ0v) is 83.6. The van der Waals surface area contributed by atoms with Crippen molar-refractivity contribution < 1.29 is 0 Å². The first-order valence-corrected chi connectivity index (χ1v) is 49.7. The molecular formula is C137H117N7. The number of aryl methyl sites for hydroxylation is 11. The van der Waals surface area contributed by atoms with Crippen LogP contribution in [0.1, 0.15) is 61.2 Å². The first kappa shape index (κ1) is 93.8. The molecule has 0 spiro atoms. The maximum atomic E-state index is 2.36. The van der Waals surface area contributed by atoms with Gasteiger partial charge in [0.15, 0.2) is 0 Å². The topological polar surface area (TPSA) is 22.7 Å². The summed E-state index contributed by atoms with van der Waals surface area (Å²) in [6, 6.07) is 185. The molecule has 0 fully saturated rings. The van der Waals surface area contributed by atoms with Crippen LogP contribution in [0.5, 0.6) is 0 Å². The molecule has 7 nitrogen and oxygen atoms in total. The van der Waals surface area contributed by atoms with Gasteiger partial charge in [0.1, 0.15) is 0 Å². The molecule has 21 aromatic rings. The van der Waals surface area contributed by atoms with Crippen LogP contribution in [-0.4, -0.2) is 0 Å². The first-order valence-electron chi connectivity index (χ1n) is 49.7. The van der Waals surface area contributed by atoms with Crippen LogP contribution < -0.4 is 34.3 Å². The Labute approximate surface area is 850 Å². The molecule has 144 heavy (non-hydrogen) atoms. The van der Waals surface area contributed by atoms with Crippen molar-refractivity contribution in [1.82, 2.24) is 0 Å². The first-order chi connectivity index (χ1) is 70.3. The van der Waals surface area contributed by atoms with Gasteiger partial charge >= 0.3 is 0 Å². The SMILES string of the molecule is Cc1ccc(N(c2ccc(-c3ccc(N(c4cccc(C)c4)c4cccc(C)c4)cc3)cc2)c2ccc(-c3ccc(N(c4cccc(C)c4)c4cccc(C)c4)cc3)cc2)cc1.Cc1cccc(N(c2ccc(-c3ccc(N(c4ccc(-c5ccc(N(c6cccc(C)c6)c6cccc(C)c6)cc5)cc4)c4ccc(-c5ccc(N(c6cccc(C)c6)c6cccc(C)c6)cc5)cc4)cc3)cc2)c2cccc(C)c2)c1. The fourth-order valence-corrected chi connectivity index (χ4v) is 19.5. The largest absolute Gasteiger partial charge is 0.311 e. The highest BCUT2D eigenvalue weighted by atomic mass is 15.2. The van der Waals surface area contributed by atoms with Gasteiger partial charge in [-0.2, -0.15) is 0 Å². The van der Waals surface area contributed by atoms with Crippen LogP contribution in [0.2, 0.25) is 0 Å². The quantitative estimate of drug-likeness (QED) is 0.0532. The second-order valence-corrected chi connectivity index (χ2v) is 38.0. The van der Waals surface area contributed by atoms with Crippen molar-refractivity contribution in [3.63, 3.8) is 0 Å². The van der Waals surface area contributed by atoms with E-state index in [9.17, 15) is 0 Å². The van der Waals surface area contributed by atoms with E-state index < -0.39 is 0 Å². The molecule has 0 aliphatic carbocycles. The van der Waals surface area contributed by atoms with Crippen LogP contribution in [0.3, 0.4) is 0 Å². The second kappa shape index (κ2) is 42.5. The van der Waals surface area contributed by atoms with E-state index in [0.717, 1.165) is 153 Å². The van der Waals surface area contributed by atoms with Gasteiger partial charge in [-0.15, -0.1) is 0 Å². The van der Waals surface area contributed by atoms with Crippen LogP contribution in [-0.2, 0) is 0 Å². The Balaban J connectivity index is 0.000000183. The van der Waals surface area contributed by atoms with E-state index >= 15 is 0 Å². The number of nitrogens with zero attached hydrogens (tertiary/aromatic N) is 7. The average Bonchev–Trinajstić information content (AvgIpc) is 0.831. The van der Waals surface area contributed by atoms with Crippen molar-refractivity contribution in [2.45, 2.75) is 76.2 Å². The molecule has 0 aliphatic rings. The van der Waals surface area contributed by atoms with Crippen LogP contribution in [0, 0.1) is 76.2 Å². The third-order valence-electron chi connectivity index (χ3n) is 26.8. The predicted molar refractivity (Wildman–Crippen MR) is 615 cm³/mol. The third kappa shape index (κ3) is 21.5. The van der Waals surface area contributed by atoms with E-state index in [1.54, 1.807) is 0 Å². The summed E-state index contributed by atoms with van der Waals surface area (Å²) in [6.07, 6.45) is 0. The highest BCUT2D eigenvalue weighted by molar-refractivity contribution is 5.89. The molecule has 0 atom stereocenters. The summed E-state index contributed by atoms with van der Waals surface area (Å²) in [4.78, 5) is 16.4. The zero-order chi connectivity index (χ0) is 98.7. The number of rotatable bonds is 26. The highest BCUT2D eigenvalue weighted by Gasteiger charge is 2.24. The second-order valence-electron chi connectivity index (χ2n) is 38.0.